The minimum Gasteiger partial charge on any atom is -0.310 e. The Kier molecular flexibility index (Phi) is 5.67. The molecule has 0 saturated carbocycles. The molecule has 1 aromatic carbocycles. The highest BCUT2D eigenvalue weighted by Crippen LogP contribution is 2.06. The molecule has 0 heterocycles. The van der Waals surface area contributed by atoms with Crippen molar-refractivity contribution in [3.05, 3.63) is 35.9 Å². The van der Waals surface area contributed by atoms with Gasteiger partial charge >= 0.3 is 0 Å². The minimum absolute atomic E-state index is 0.402. The quantitative estimate of drug-likeness (QED) is 0.719. The van der Waals surface area contributed by atoms with E-state index in [1.54, 1.807) is 0 Å². The first-order valence-electron chi connectivity index (χ1n) is 5.99. The zero-order valence-electron chi connectivity index (χ0n) is 10.2. The minimum atomic E-state index is 0.402. The van der Waals surface area contributed by atoms with E-state index in [-0.39, 0.29) is 0 Å². The Morgan fingerprint density at radius 2 is 2.00 bits per heavy atom. The van der Waals surface area contributed by atoms with Crippen LogP contribution < -0.4 is 5.32 Å². The van der Waals surface area contributed by atoms with Gasteiger partial charge in [-0.05, 0) is 25.3 Å². The molecule has 86 valence electrons. The maximum Gasteiger partial charge on any atom is 0.0238 e. The molecule has 0 aliphatic heterocycles. The molecule has 0 radical (unpaired) electrons. The average Bonchev–Trinajstić information content (AvgIpc) is 2.30. The highest BCUT2D eigenvalue weighted by atomic mass is 14.9. The fraction of sp³-hybridized carbons (Fsp3) is 0.467. The second-order valence-corrected chi connectivity index (χ2v) is 4.27. The summed E-state index contributed by atoms with van der Waals surface area (Å²) in [5.41, 5.74) is 1.38. The van der Waals surface area contributed by atoms with Gasteiger partial charge in [-0.25, -0.2) is 0 Å². The maximum atomic E-state index is 5.31. The zero-order valence-corrected chi connectivity index (χ0v) is 10.2. The summed E-state index contributed by atoms with van der Waals surface area (Å²) in [5.74, 6) is 2.70. The second kappa shape index (κ2) is 7.09. The van der Waals surface area contributed by atoms with Crippen molar-refractivity contribution < 1.29 is 0 Å². The van der Waals surface area contributed by atoms with E-state index >= 15 is 0 Å². The van der Waals surface area contributed by atoms with Gasteiger partial charge in [-0.3, -0.25) is 0 Å². The molecule has 1 rings (SSSR count). The zero-order chi connectivity index (χ0) is 11.8. The summed E-state index contributed by atoms with van der Waals surface area (Å²) in [4.78, 5) is 0. The van der Waals surface area contributed by atoms with Gasteiger partial charge in [-0.15, -0.1) is 12.3 Å². The topological polar surface area (TPSA) is 12.0 Å². The van der Waals surface area contributed by atoms with E-state index in [4.69, 9.17) is 6.42 Å². The number of benzene rings is 1. The fourth-order valence-corrected chi connectivity index (χ4v) is 1.86. The standard InChI is InChI=1S/C15H21N/c1-4-9-13(3)16-15(5-2)12-14-10-7-6-8-11-14/h1,6-8,10-11,13,15-16H,5,9,12H2,2-3H3. The van der Waals surface area contributed by atoms with Crippen LogP contribution in [-0.4, -0.2) is 12.1 Å². The molecular weight excluding hydrogens is 194 g/mol. The van der Waals surface area contributed by atoms with Crippen molar-refractivity contribution in [2.24, 2.45) is 0 Å². The van der Waals surface area contributed by atoms with Crippen LogP contribution >= 0.6 is 0 Å². The summed E-state index contributed by atoms with van der Waals surface area (Å²) in [7, 11) is 0. The molecule has 1 heteroatoms. The Bertz CT molecular complexity index is 323. The summed E-state index contributed by atoms with van der Waals surface area (Å²) in [6.45, 7) is 4.36. The van der Waals surface area contributed by atoms with Gasteiger partial charge in [0.1, 0.15) is 0 Å². The first kappa shape index (κ1) is 12.8. The van der Waals surface area contributed by atoms with Gasteiger partial charge in [0.25, 0.3) is 0 Å². The van der Waals surface area contributed by atoms with Crippen molar-refractivity contribution in [3.8, 4) is 12.3 Å². The molecule has 0 spiro atoms. The summed E-state index contributed by atoms with van der Waals surface area (Å²) < 4.78 is 0. The molecule has 0 bridgehead atoms. The van der Waals surface area contributed by atoms with Gasteiger partial charge in [0.05, 0.1) is 0 Å². The lowest BCUT2D eigenvalue weighted by atomic mass is 10.0. The lowest BCUT2D eigenvalue weighted by Crippen LogP contribution is -2.37. The van der Waals surface area contributed by atoms with Crippen LogP contribution in [-0.2, 0) is 6.42 Å². The second-order valence-electron chi connectivity index (χ2n) is 4.27. The van der Waals surface area contributed by atoms with Crippen LogP contribution in [0.4, 0.5) is 0 Å². The summed E-state index contributed by atoms with van der Waals surface area (Å²) >= 11 is 0. The molecule has 0 aliphatic rings. The van der Waals surface area contributed by atoms with Crippen molar-refractivity contribution in [1.82, 2.24) is 5.32 Å². The number of terminal acetylenes is 1. The summed E-state index contributed by atoms with van der Waals surface area (Å²) in [5, 5.41) is 3.57. The van der Waals surface area contributed by atoms with Gasteiger partial charge in [0, 0.05) is 18.5 Å². The van der Waals surface area contributed by atoms with Gasteiger partial charge in [0.2, 0.25) is 0 Å². The van der Waals surface area contributed by atoms with Gasteiger partial charge in [-0.2, -0.15) is 0 Å². The third-order valence-electron chi connectivity index (χ3n) is 2.76. The van der Waals surface area contributed by atoms with Crippen LogP contribution in [0.15, 0.2) is 30.3 Å². The SMILES string of the molecule is C#CCC(C)NC(CC)Cc1ccccc1. The van der Waals surface area contributed by atoms with Crippen molar-refractivity contribution in [3.63, 3.8) is 0 Å². The lowest BCUT2D eigenvalue weighted by Gasteiger charge is -2.21. The molecule has 0 aromatic heterocycles. The summed E-state index contributed by atoms with van der Waals surface area (Å²) in [6.07, 6.45) is 8.31. The molecule has 0 amide bonds. The molecule has 0 aliphatic carbocycles. The Morgan fingerprint density at radius 1 is 1.31 bits per heavy atom. The highest BCUT2D eigenvalue weighted by molar-refractivity contribution is 5.15. The Hall–Kier alpha value is -1.26. The van der Waals surface area contributed by atoms with E-state index in [0.29, 0.717) is 12.1 Å². The molecular formula is C15H21N. The number of hydrogen-bond donors (Lipinski definition) is 1. The van der Waals surface area contributed by atoms with E-state index in [1.807, 2.05) is 0 Å². The lowest BCUT2D eigenvalue weighted by molar-refractivity contribution is 0.435. The van der Waals surface area contributed by atoms with Crippen LogP contribution in [0.25, 0.3) is 0 Å². The Morgan fingerprint density at radius 3 is 2.56 bits per heavy atom. The van der Waals surface area contributed by atoms with Gasteiger partial charge in [0.15, 0.2) is 0 Å². The highest BCUT2D eigenvalue weighted by Gasteiger charge is 2.09. The molecule has 0 saturated heterocycles. The van der Waals surface area contributed by atoms with E-state index < -0.39 is 0 Å². The largest absolute Gasteiger partial charge is 0.310 e. The summed E-state index contributed by atoms with van der Waals surface area (Å²) in [6, 6.07) is 11.5. The predicted octanol–water partition coefficient (Wildman–Crippen LogP) is 3.01. The Labute approximate surface area is 99.3 Å². The third kappa shape index (κ3) is 4.51. The molecule has 1 N–H and O–H groups in total. The number of rotatable bonds is 6. The normalized spacial score (nSPS) is 14.1. The van der Waals surface area contributed by atoms with E-state index in [9.17, 15) is 0 Å². The molecule has 0 fully saturated rings. The van der Waals surface area contributed by atoms with Crippen molar-refractivity contribution in [2.75, 3.05) is 0 Å². The third-order valence-corrected chi connectivity index (χ3v) is 2.76. The Balaban J connectivity index is 2.47. The monoisotopic (exact) mass is 215 g/mol. The first-order valence-corrected chi connectivity index (χ1v) is 5.99. The van der Waals surface area contributed by atoms with E-state index in [1.165, 1.54) is 5.56 Å². The van der Waals surface area contributed by atoms with Crippen LogP contribution in [0.5, 0.6) is 0 Å². The number of hydrogen-bond acceptors (Lipinski definition) is 1. The molecule has 2 atom stereocenters. The molecule has 1 aromatic rings. The van der Waals surface area contributed by atoms with Gasteiger partial charge in [-0.1, -0.05) is 37.3 Å². The van der Waals surface area contributed by atoms with E-state index in [2.05, 4.69) is 55.4 Å². The van der Waals surface area contributed by atoms with Crippen molar-refractivity contribution >= 4 is 0 Å². The van der Waals surface area contributed by atoms with Crippen LogP contribution in [0.2, 0.25) is 0 Å². The molecule has 1 nitrogen and oxygen atoms in total. The fourth-order valence-electron chi connectivity index (χ4n) is 1.86. The predicted molar refractivity (Wildman–Crippen MR) is 70.3 cm³/mol. The van der Waals surface area contributed by atoms with Crippen molar-refractivity contribution in [1.29, 1.82) is 0 Å². The van der Waals surface area contributed by atoms with Crippen LogP contribution in [0.3, 0.4) is 0 Å². The molecule has 2 unspecified atom stereocenters. The number of nitrogens with one attached hydrogen (secondary N) is 1. The van der Waals surface area contributed by atoms with Crippen LogP contribution in [0, 0.1) is 12.3 Å². The average molecular weight is 215 g/mol. The van der Waals surface area contributed by atoms with E-state index in [0.717, 1.165) is 19.3 Å². The van der Waals surface area contributed by atoms with Crippen molar-refractivity contribution in [2.45, 2.75) is 45.2 Å². The smallest absolute Gasteiger partial charge is 0.0238 e. The maximum absolute atomic E-state index is 5.31. The van der Waals surface area contributed by atoms with Crippen LogP contribution in [0.1, 0.15) is 32.3 Å². The van der Waals surface area contributed by atoms with Gasteiger partial charge < -0.3 is 5.32 Å². The first-order chi connectivity index (χ1) is 7.76. The molecule has 16 heavy (non-hydrogen) atoms.